The van der Waals surface area contributed by atoms with Crippen LogP contribution in [0.2, 0.25) is 0 Å². The van der Waals surface area contributed by atoms with Gasteiger partial charge in [-0.1, -0.05) is 54.6 Å². The van der Waals surface area contributed by atoms with E-state index in [0.29, 0.717) is 19.3 Å². The molecule has 244 valence electrons. The fourth-order valence-electron chi connectivity index (χ4n) is 4.64. The van der Waals surface area contributed by atoms with E-state index in [2.05, 4.69) is 15.4 Å². The lowest BCUT2D eigenvalue weighted by atomic mass is 9.99. The van der Waals surface area contributed by atoms with Gasteiger partial charge in [0.25, 0.3) is 0 Å². The van der Waals surface area contributed by atoms with Crippen LogP contribution in [0.1, 0.15) is 62.1 Å². The average Bonchev–Trinajstić information content (AvgIpc) is 3.44. The largest absolute Gasteiger partial charge is 0.573 e. The zero-order chi connectivity index (χ0) is 33.0. The van der Waals surface area contributed by atoms with Crippen LogP contribution in [-0.4, -0.2) is 42.2 Å². The number of nitrogens with one attached hydrogen (secondary N) is 2. The number of halogens is 3. The van der Waals surface area contributed by atoms with E-state index in [1.54, 1.807) is 39.0 Å². The number of carbonyl (C=O) groups excluding carboxylic acids is 3. The number of alkyl halides is 3. The van der Waals surface area contributed by atoms with Crippen LogP contribution in [0.4, 0.5) is 22.8 Å². The van der Waals surface area contributed by atoms with Crippen molar-refractivity contribution in [2.24, 2.45) is 5.73 Å². The monoisotopic (exact) mass is 649 g/mol. The Morgan fingerprint density at radius 3 is 2.20 bits per heavy atom. The highest BCUT2D eigenvalue weighted by atomic mass is 32.1. The van der Waals surface area contributed by atoms with Crippen molar-refractivity contribution in [3.63, 3.8) is 0 Å². The highest BCUT2D eigenvalue weighted by Gasteiger charge is 2.34. The second-order valence-corrected chi connectivity index (χ2v) is 12.3. The van der Waals surface area contributed by atoms with E-state index in [9.17, 15) is 27.6 Å². The summed E-state index contributed by atoms with van der Waals surface area (Å²) in [6.07, 6.45) is -6.01. The van der Waals surface area contributed by atoms with Gasteiger partial charge in [-0.3, -0.25) is 4.79 Å². The maximum absolute atomic E-state index is 13.8. The van der Waals surface area contributed by atoms with Crippen LogP contribution in [0, 0.1) is 0 Å². The Morgan fingerprint density at radius 2 is 1.58 bits per heavy atom. The molecule has 0 aliphatic heterocycles. The minimum atomic E-state index is -4.95. The number of para-hydroxylation sites is 1. The Morgan fingerprint density at radius 1 is 0.889 bits per heavy atom. The molecule has 3 rings (SSSR count). The molecule has 4 N–H and O–H groups in total. The summed E-state index contributed by atoms with van der Waals surface area (Å²) in [5, 5.41) is 7.23. The van der Waals surface area contributed by atoms with Crippen LogP contribution >= 0.6 is 11.3 Å². The second kappa shape index (κ2) is 16.2. The third kappa shape index (κ3) is 13.1. The van der Waals surface area contributed by atoms with Gasteiger partial charge in [0, 0.05) is 23.3 Å². The summed E-state index contributed by atoms with van der Waals surface area (Å²) in [5.74, 6) is -1.09. The van der Waals surface area contributed by atoms with Gasteiger partial charge in [0.2, 0.25) is 5.91 Å². The molecule has 3 amide bonds. The number of ether oxygens (including phenoxy) is 3. The van der Waals surface area contributed by atoms with E-state index in [-0.39, 0.29) is 18.4 Å². The lowest BCUT2D eigenvalue weighted by Crippen LogP contribution is -2.49. The van der Waals surface area contributed by atoms with Crippen LogP contribution in [-0.2, 0) is 27.1 Å². The summed E-state index contributed by atoms with van der Waals surface area (Å²) in [6.45, 7) is 5.02. The molecule has 9 nitrogen and oxygen atoms in total. The van der Waals surface area contributed by atoms with E-state index in [1.165, 1.54) is 29.5 Å². The molecule has 0 bridgehead atoms. The molecule has 3 atom stereocenters. The van der Waals surface area contributed by atoms with Crippen molar-refractivity contribution in [2.45, 2.75) is 83.0 Å². The maximum Gasteiger partial charge on any atom is 0.573 e. The highest BCUT2D eigenvalue weighted by molar-refractivity contribution is 7.09. The van der Waals surface area contributed by atoms with Gasteiger partial charge in [0.05, 0.1) is 6.04 Å². The fraction of sp³-hybridized carbons (Fsp3) is 0.406. The van der Waals surface area contributed by atoms with Crippen molar-refractivity contribution >= 4 is 29.4 Å². The Balaban J connectivity index is 1.83. The first-order valence-corrected chi connectivity index (χ1v) is 15.2. The quantitative estimate of drug-likeness (QED) is 0.176. The first kappa shape index (κ1) is 35.2. The van der Waals surface area contributed by atoms with Gasteiger partial charge in [-0.05, 0) is 63.1 Å². The van der Waals surface area contributed by atoms with Crippen molar-refractivity contribution in [1.82, 2.24) is 10.6 Å². The number of nitrogens with two attached hydrogens (primary N) is 1. The molecule has 0 radical (unpaired) electrons. The summed E-state index contributed by atoms with van der Waals surface area (Å²) < 4.78 is 54.7. The number of amides is 3. The van der Waals surface area contributed by atoms with Crippen molar-refractivity contribution in [3.05, 3.63) is 88.1 Å². The van der Waals surface area contributed by atoms with E-state index in [1.807, 2.05) is 35.7 Å². The molecule has 0 aliphatic carbocycles. The van der Waals surface area contributed by atoms with Crippen molar-refractivity contribution < 1.29 is 41.8 Å². The van der Waals surface area contributed by atoms with Gasteiger partial charge in [-0.15, -0.1) is 24.5 Å². The summed E-state index contributed by atoms with van der Waals surface area (Å²) >= 11 is 1.38. The number of benzene rings is 2. The first-order valence-electron chi connectivity index (χ1n) is 14.4. The molecule has 0 saturated heterocycles. The Kier molecular flexibility index (Phi) is 12.7. The summed E-state index contributed by atoms with van der Waals surface area (Å²) in [5.41, 5.74) is 5.47. The standard InChI is InChI=1S/C32H38F3N3O6S/c1-31(2,3)44-30(41)38-25(16-9-13-22(42-29(36)40)19-21-11-5-4-6-12-21)28(39)37-26(20-23-14-10-18-45-23)24-15-7-8-17-27(24)43-32(33,34)35/h4-8,10-12,14-15,17-18,22,25-26H,9,13,16,19-20H2,1-3H3,(H2,36,40)(H,37,39)(H,38,41)/t22?,25-,26?/m0/s1. The predicted molar refractivity (Wildman–Crippen MR) is 164 cm³/mol. The number of carbonyl (C=O) groups is 3. The summed E-state index contributed by atoms with van der Waals surface area (Å²) in [6, 6.07) is 16.4. The fourth-order valence-corrected chi connectivity index (χ4v) is 5.39. The number of alkyl carbamates (subject to hydrolysis) is 1. The minimum Gasteiger partial charge on any atom is -0.446 e. The van der Waals surface area contributed by atoms with Gasteiger partial charge in [-0.25, -0.2) is 9.59 Å². The van der Waals surface area contributed by atoms with Gasteiger partial charge in [0.1, 0.15) is 23.5 Å². The lowest BCUT2D eigenvalue weighted by molar-refractivity contribution is -0.275. The van der Waals surface area contributed by atoms with E-state index >= 15 is 0 Å². The SMILES string of the molecule is CC(C)(C)OC(=O)N[C@@H](CCCC(Cc1ccccc1)OC(N)=O)C(=O)NC(Cc1cccs1)c1ccccc1OC(F)(F)F. The lowest BCUT2D eigenvalue weighted by Gasteiger charge is -2.27. The molecule has 0 spiro atoms. The first-order chi connectivity index (χ1) is 21.2. The molecular formula is C32H38F3N3O6S. The number of hydrogen-bond acceptors (Lipinski definition) is 7. The number of primary amides is 1. The molecule has 0 aliphatic rings. The molecule has 0 saturated carbocycles. The van der Waals surface area contributed by atoms with Crippen LogP contribution < -0.4 is 21.1 Å². The van der Waals surface area contributed by atoms with E-state index in [0.717, 1.165) is 10.4 Å². The van der Waals surface area contributed by atoms with Crippen LogP contribution in [0.5, 0.6) is 5.75 Å². The molecule has 2 aromatic carbocycles. The molecule has 45 heavy (non-hydrogen) atoms. The van der Waals surface area contributed by atoms with E-state index in [4.69, 9.17) is 15.2 Å². The third-order valence-corrected chi connectivity index (χ3v) is 7.34. The summed E-state index contributed by atoms with van der Waals surface area (Å²) in [4.78, 5) is 38.9. The van der Waals surface area contributed by atoms with Crippen LogP contribution in [0.15, 0.2) is 72.1 Å². The predicted octanol–water partition coefficient (Wildman–Crippen LogP) is 6.82. The Labute approximate surface area is 264 Å². The normalized spacial score (nSPS) is 13.6. The molecule has 13 heteroatoms. The smallest absolute Gasteiger partial charge is 0.446 e. The van der Waals surface area contributed by atoms with Crippen molar-refractivity contribution in [1.29, 1.82) is 0 Å². The topological polar surface area (TPSA) is 129 Å². The maximum atomic E-state index is 13.8. The van der Waals surface area contributed by atoms with Gasteiger partial charge >= 0.3 is 18.5 Å². The molecule has 1 aromatic heterocycles. The third-order valence-electron chi connectivity index (χ3n) is 6.44. The molecule has 1 heterocycles. The second-order valence-electron chi connectivity index (χ2n) is 11.3. The number of thiophene rings is 1. The van der Waals surface area contributed by atoms with Crippen molar-refractivity contribution in [3.8, 4) is 5.75 Å². The molecule has 0 fully saturated rings. The number of rotatable bonds is 14. The summed E-state index contributed by atoms with van der Waals surface area (Å²) in [7, 11) is 0. The van der Waals surface area contributed by atoms with Crippen LogP contribution in [0.25, 0.3) is 0 Å². The zero-order valence-electron chi connectivity index (χ0n) is 25.3. The van der Waals surface area contributed by atoms with Gasteiger partial charge < -0.3 is 30.6 Å². The highest BCUT2D eigenvalue weighted by Crippen LogP contribution is 2.33. The average molecular weight is 650 g/mol. The van der Waals surface area contributed by atoms with E-state index < -0.39 is 54.0 Å². The molecular weight excluding hydrogens is 611 g/mol. The molecule has 3 aromatic rings. The van der Waals surface area contributed by atoms with Gasteiger partial charge in [0.15, 0.2) is 0 Å². The molecule has 2 unspecified atom stereocenters. The van der Waals surface area contributed by atoms with Gasteiger partial charge in [-0.2, -0.15) is 0 Å². The minimum absolute atomic E-state index is 0.102. The number of hydrogen-bond donors (Lipinski definition) is 3. The van der Waals surface area contributed by atoms with Crippen molar-refractivity contribution in [2.75, 3.05) is 0 Å². The van der Waals surface area contributed by atoms with Crippen LogP contribution in [0.3, 0.4) is 0 Å². The zero-order valence-corrected chi connectivity index (χ0v) is 26.1. The Bertz CT molecular complexity index is 1380. The Hall–Kier alpha value is -4.26.